The molecule has 0 aliphatic carbocycles. The molecule has 1 amide bonds. The van der Waals surface area contributed by atoms with Crippen LogP contribution in [0.1, 0.15) is 28.9 Å². The van der Waals surface area contributed by atoms with Crippen LogP contribution >= 0.6 is 23.2 Å². The molecule has 1 fully saturated rings. The van der Waals surface area contributed by atoms with E-state index in [0.29, 0.717) is 41.3 Å². The fourth-order valence-corrected chi connectivity index (χ4v) is 3.06. The van der Waals surface area contributed by atoms with Gasteiger partial charge < -0.3 is 15.0 Å². The molecule has 1 aliphatic rings. The average molecular weight is 395 g/mol. The van der Waals surface area contributed by atoms with Crippen molar-refractivity contribution < 1.29 is 9.53 Å². The van der Waals surface area contributed by atoms with Crippen molar-refractivity contribution in [2.75, 3.05) is 25.2 Å². The average Bonchev–Trinajstić information content (AvgIpc) is 2.65. The number of hydrogen-bond acceptors (Lipinski definition) is 5. The number of rotatable bonds is 5. The maximum absolute atomic E-state index is 12.3. The van der Waals surface area contributed by atoms with Gasteiger partial charge in [-0.2, -0.15) is 0 Å². The van der Waals surface area contributed by atoms with Gasteiger partial charge in [0.15, 0.2) is 11.5 Å². The predicted molar refractivity (Wildman–Crippen MR) is 102 cm³/mol. The summed E-state index contributed by atoms with van der Waals surface area (Å²) in [6.07, 6.45) is 1.65. The van der Waals surface area contributed by atoms with Crippen molar-refractivity contribution in [2.45, 2.75) is 25.4 Å². The first-order chi connectivity index (χ1) is 12.5. The van der Waals surface area contributed by atoms with Crippen LogP contribution in [0.5, 0.6) is 0 Å². The lowest BCUT2D eigenvalue weighted by Gasteiger charge is -2.23. The highest BCUT2D eigenvalue weighted by atomic mass is 35.5. The third-order valence-corrected chi connectivity index (χ3v) is 4.97. The Kier molecular flexibility index (Phi) is 6.29. The highest BCUT2D eigenvalue weighted by Crippen LogP contribution is 2.23. The van der Waals surface area contributed by atoms with E-state index in [-0.39, 0.29) is 11.9 Å². The maximum Gasteiger partial charge on any atom is 0.272 e. The summed E-state index contributed by atoms with van der Waals surface area (Å²) >= 11 is 12.0. The molecule has 0 radical (unpaired) electrons. The highest BCUT2D eigenvalue weighted by molar-refractivity contribution is 6.42. The molecule has 26 heavy (non-hydrogen) atoms. The first kappa shape index (κ1) is 18.9. The van der Waals surface area contributed by atoms with Crippen molar-refractivity contribution in [2.24, 2.45) is 0 Å². The van der Waals surface area contributed by atoms with Crippen molar-refractivity contribution in [3.63, 3.8) is 0 Å². The van der Waals surface area contributed by atoms with E-state index in [9.17, 15) is 4.79 Å². The van der Waals surface area contributed by atoms with Crippen LogP contribution in [0, 0.1) is 0 Å². The van der Waals surface area contributed by atoms with E-state index in [2.05, 4.69) is 15.5 Å². The SMILES string of the molecule is CN(Cc1ccc(Cl)c(Cl)c1)c1ccc(C(=O)NC2CCOCC2)nn1. The number of carbonyl (C=O) groups excluding carboxylic acids is 1. The molecule has 2 heterocycles. The summed E-state index contributed by atoms with van der Waals surface area (Å²) in [6.45, 7) is 1.95. The summed E-state index contributed by atoms with van der Waals surface area (Å²) in [5.41, 5.74) is 1.31. The monoisotopic (exact) mass is 394 g/mol. The van der Waals surface area contributed by atoms with Gasteiger partial charge in [-0.05, 0) is 42.7 Å². The predicted octanol–water partition coefficient (Wildman–Crippen LogP) is 3.33. The normalized spacial score (nSPS) is 14.9. The van der Waals surface area contributed by atoms with Crippen LogP contribution in [0.4, 0.5) is 5.82 Å². The van der Waals surface area contributed by atoms with Gasteiger partial charge in [-0.15, -0.1) is 10.2 Å². The molecule has 1 N–H and O–H groups in total. The highest BCUT2D eigenvalue weighted by Gasteiger charge is 2.18. The first-order valence-corrected chi connectivity index (χ1v) is 9.16. The summed E-state index contributed by atoms with van der Waals surface area (Å²) < 4.78 is 5.29. The summed E-state index contributed by atoms with van der Waals surface area (Å²) in [7, 11) is 1.90. The number of benzene rings is 1. The van der Waals surface area contributed by atoms with Crippen LogP contribution in [0.15, 0.2) is 30.3 Å². The van der Waals surface area contributed by atoms with Gasteiger partial charge in [0.1, 0.15) is 0 Å². The van der Waals surface area contributed by atoms with Crippen LogP contribution in [-0.4, -0.2) is 42.4 Å². The van der Waals surface area contributed by atoms with E-state index in [1.807, 2.05) is 24.1 Å². The molecule has 1 aliphatic heterocycles. The first-order valence-electron chi connectivity index (χ1n) is 8.40. The zero-order chi connectivity index (χ0) is 18.5. The lowest BCUT2D eigenvalue weighted by atomic mass is 10.1. The molecule has 0 bridgehead atoms. The lowest BCUT2D eigenvalue weighted by molar-refractivity contribution is 0.0693. The molecule has 2 aromatic rings. The summed E-state index contributed by atoms with van der Waals surface area (Å²) in [5.74, 6) is 0.460. The number of anilines is 1. The Balaban J connectivity index is 1.60. The number of hydrogen-bond donors (Lipinski definition) is 1. The summed E-state index contributed by atoms with van der Waals surface area (Å²) in [6, 6.07) is 9.10. The molecular formula is C18H20Cl2N4O2. The molecule has 1 aromatic carbocycles. The van der Waals surface area contributed by atoms with Gasteiger partial charge in [0.05, 0.1) is 10.0 Å². The summed E-state index contributed by atoms with van der Waals surface area (Å²) in [4.78, 5) is 14.2. The number of nitrogens with one attached hydrogen (secondary N) is 1. The third kappa shape index (κ3) is 4.84. The molecule has 6 nitrogen and oxygen atoms in total. The van der Waals surface area contributed by atoms with Crippen LogP contribution in [0.2, 0.25) is 10.0 Å². The van der Waals surface area contributed by atoms with Gasteiger partial charge in [-0.3, -0.25) is 4.79 Å². The Morgan fingerprint density at radius 1 is 1.19 bits per heavy atom. The molecule has 0 atom stereocenters. The van der Waals surface area contributed by atoms with Gasteiger partial charge in [0.2, 0.25) is 0 Å². The molecular weight excluding hydrogens is 375 g/mol. The Bertz CT molecular complexity index is 764. The molecule has 138 valence electrons. The van der Waals surface area contributed by atoms with Crippen LogP contribution in [0.3, 0.4) is 0 Å². The van der Waals surface area contributed by atoms with Crippen LogP contribution in [-0.2, 0) is 11.3 Å². The minimum absolute atomic E-state index is 0.134. The van der Waals surface area contributed by atoms with Crippen LogP contribution < -0.4 is 10.2 Å². The Morgan fingerprint density at radius 2 is 1.96 bits per heavy atom. The molecule has 0 spiro atoms. The molecule has 8 heteroatoms. The van der Waals surface area contributed by atoms with E-state index in [0.717, 1.165) is 18.4 Å². The number of amides is 1. The zero-order valence-electron chi connectivity index (χ0n) is 14.4. The largest absolute Gasteiger partial charge is 0.381 e. The Labute approximate surface area is 162 Å². The second-order valence-corrected chi connectivity index (χ2v) is 7.06. The van der Waals surface area contributed by atoms with Crippen molar-refractivity contribution in [1.29, 1.82) is 0 Å². The van der Waals surface area contributed by atoms with E-state index < -0.39 is 0 Å². The standard InChI is InChI=1S/C18H20Cl2N4O2/c1-24(11-12-2-3-14(19)15(20)10-12)17-5-4-16(22-23-17)18(25)21-13-6-8-26-9-7-13/h2-5,10,13H,6-9,11H2,1H3,(H,21,25). The number of aromatic nitrogens is 2. The second-order valence-electron chi connectivity index (χ2n) is 6.24. The van der Waals surface area contributed by atoms with E-state index >= 15 is 0 Å². The Morgan fingerprint density at radius 3 is 2.62 bits per heavy atom. The van der Waals surface area contributed by atoms with Crippen LogP contribution in [0.25, 0.3) is 0 Å². The third-order valence-electron chi connectivity index (χ3n) is 4.23. The van der Waals surface area contributed by atoms with Gasteiger partial charge in [-0.1, -0.05) is 29.3 Å². The van der Waals surface area contributed by atoms with Gasteiger partial charge in [0, 0.05) is 32.8 Å². The zero-order valence-corrected chi connectivity index (χ0v) is 15.9. The smallest absolute Gasteiger partial charge is 0.272 e. The van der Waals surface area contributed by atoms with Gasteiger partial charge in [-0.25, -0.2) is 0 Å². The molecule has 0 saturated carbocycles. The summed E-state index contributed by atoms with van der Waals surface area (Å²) in [5, 5.41) is 12.2. The quantitative estimate of drug-likeness (QED) is 0.841. The van der Waals surface area contributed by atoms with Crippen molar-refractivity contribution >= 4 is 34.9 Å². The number of carbonyl (C=O) groups is 1. The Hall–Kier alpha value is -1.89. The lowest BCUT2D eigenvalue weighted by Crippen LogP contribution is -2.39. The number of ether oxygens (including phenoxy) is 1. The molecule has 1 aromatic heterocycles. The molecule has 0 unspecified atom stereocenters. The van der Waals surface area contributed by atoms with Gasteiger partial charge in [0.25, 0.3) is 5.91 Å². The molecule has 1 saturated heterocycles. The second kappa shape index (κ2) is 8.66. The fourth-order valence-electron chi connectivity index (χ4n) is 2.74. The topological polar surface area (TPSA) is 67.4 Å². The van der Waals surface area contributed by atoms with Crippen molar-refractivity contribution in [3.05, 3.63) is 51.6 Å². The minimum atomic E-state index is -0.205. The molecule has 3 rings (SSSR count). The van der Waals surface area contributed by atoms with E-state index in [1.54, 1.807) is 18.2 Å². The van der Waals surface area contributed by atoms with E-state index in [1.165, 1.54) is 0 Å². The van der Waals surface area contributed by atoms with Crippen molar-refractivity contribution in [1.82, 2.24) is 15.5 Å². The fraction of sp³-hybridized carbons (Fsp3) is 0.389. The van der Waals surface area contributed by atoms with Gasteiger partial charge >= 0.3 is 0 Å². The number of halogens is 2. The van der Waals surface area contributed by atoms with Crippen molar-refractivity contribution in [3.8, 4) is 0 Å². The minimum Gasteiger partial charge on any atom is -0.381 e. The maximum atomic E-state index is 12.3. The number of nitrogens with zero attached hydrogens (tertiary/aromatic N) is 3. The van der Waals surface area contributed by atoms with E-state index in [4.69, 9.17) is 27.9 Å².